The fourth-order valence-electron chi connectivity index (χ4n) is 4.76. The van der Waals surface area contributed by atoms with Crippen LogP contribution in [0.15, 0.2) is 30.3 Å². The summed E-state index contributed by atoms with van der Waals surface area (Å²) in [6.07, 6.45) is -0.623. The van der Waals surface area contributed by atoms with Gasteiger partial charge in [-0.2, -0.15) is 0 Å². The summed E-state index contributed by atoms with van der Waals surface area (Å²) in [5.41, 5.74) is -0.566. The summed E-state index contributed by atoms with van der Waals surface area (Å²) >= 11 is 0. The Morgan fingerprint density at radius 1 is 1.18 bits per heavy atom. The highest BCUT2D eigenvalue weighted by molar-refractivity contribution is 5.74. The molecule has 8 heteroatoms. The topological polar surface area (TPSA) is 96.4 Å². The van der Waals surface area contributed by atoms with Crippen molar-refractivity contribution in [3.05, 3.63) is 35.9 Å². The Labute approximate surface area is 196 Å². The van der Waals surface area contributed by atoms with Gasteiger partial charge in [-0.3, -0.25) is 9.69 Å². The molecule has 1 N–H and O–H groups in total. The van der Waals surface area contributed by atoms with Gasteiger partial charge in [0.25, 0.3) is 0 Å². The molecule has 2 atom stereocenters. The fourth-order valence-corrected chi connectivity index (χ4v) is 4.76. The molecular formula is C25H38N2O6. The first-order valence-corrected chi connectivity index (χ1v) is 11.6. The summed E-state index contributed by atoms with van der Waals surface area (Å²) in [6, 6.07) is 8.88. The van der Waals surface area contributed by atoms with Crippen LogP contribution in [0.3, 0.4) is 0 Å². The van der Waals surface area contributed by atoms with Crippen LogP contribution in [0.25, 0.3) is 0 Å². The van der Waals surface area contributed by atoms with E-state index in [9.17, 15) is 19.5 Å². The Bertz CT molecular complexity index is 820. The van der Waals surface area contributed by atoms with Gasteiger partial charge in [0.05, 0.1) is 24.6 Å². The van der Waals surface area contributed by atoms with Crippen molar-refractivity contribution in [1.29, 1.82) is 0 Å². The number of carboxylic acid groups (broad SMARTS) is 1. The molecule has 1 aliphatic rings. The molecule has 1 fully saturated rings. The second kappa shape index (κ2) is 10.9. The van der Waals surface area contributed by atoms with E-state index in [0.29, 0.717) is 12.8 Å². The number of carbonyl (C=O) groups is 3. The predicted molar refractivity (Wildman–Crippen MR) is 125 cm³/mol. The molecule has 1 heterocycles. The Morgan fingerprint density at radius 2 is 1.82 bits per heavy atom. The van der Waals surface area contributed by atoms with Crippen molar-refractivity contribution in [2.75, 3.05) is 13.2 Å². The van der Waals surface area contributed by atoms with E-state index in [1.165, 1.54) is 4.90 Å². The Kier molecular flexibility index (Phi) is 8.75. The smallest absolute Gasteiger partial charge is 0.410 e. The number of esters is 1. The van der Waals surface area contributed by atoms with Crippen LogP contribution in [0.4, 0.5) is 9.59 Å². The molecule has 0 saturated carbocycles. The van der Waals surface area contributed by atoms with Crippen molar-refractivity contribution < 1.29 is 29.0 Å². The minimum absolute atomic E-state index is 0.0243. The molecule has 0 radical (unpaired) electrons. The maximum atomic E-state index is 13.0. The highest BCUT2D eigenvalue weighted by Gasteiger charge is 2.54. The van der Waals surface area contributed by atoms with Crippen molar-refractivity contribution >= 4 is 18.2 Å². The fraction of sp³-hybridized carbons (Fsp3) is 0.640. The van der Waals surface area contributed by atoms with Gasteiger partial charge in [0.2, 0.25) is 0 Å². The molecule has 1 saturated heterocycles. The normalized spacial score (nSPS) is 20.9. The van der Waals surface area contributed by atoms with E-state index >= 15 is 0 Å². The SMILES string of the molecule is CCOC(=O)C[C@@]1(C(C)(C)C)CC[C@@H](N(C(=O)OCc2ccccc2)C(C)C)CN1C(=O)O. The van der Waals surface area contributed by atoms with Crippen LogP contribution in [0.5, 0.6) is 0 Å². The van der Waals surface area contributed by atoms with Crippen LogP contribution in [-0.2, 0) is 20.9 Å². The van der Waals surface area contributed by atoms with Crippen molar-refractivity contribution in [2.45, 2.75) is 85.0 Å². The van der Waals surface area contributed by atoms with Crippen molar-refractivity contribution in [3.63, 3.8) is 0 Å². The lowest BCUT2D eigenvalue weighted by Crippen LogP contribution is -2.67. The van der Waals surface area contributed by atoms with Gasteiger partial charge in [-0.05, 0) is 44.6 Å². The van der Waals surface area contributed by atoms with Gasteiger partial charge in [0.1, 0.15) is 6.61 Å². The third-order valence-electron chi connectivity index (χ3n) is 6.54. The summed E-state index contributed by atoms with van der Waals surface area (Å²) in [6.45, 7) is 11.8. The Balaban J connectivity index is 2.26. The molecule has 0 spiro atoms. The van der Waals surface area contributed by atoms with E-state index in [-0.39, 0.29) is 38.3 Å². The van der Waals surface area contributed by atoms with Gasteiger partial charge in [-0.1, -0.05) is 51.1 Å². The second-order valence-electron chi connectivity index (χ2n) is 9.89. The molecule has 2 amide bonds. The highest BCUT2D eigenvalue weighted by Crippen LogP contribution is 2.46. The number of benzene rings is 1. The molecule has 1 aromatic carbocycles. The van der Waals surface area contributed by atoms with Crippen LogP contribution in [0, 0.1) is 5.41 Å². The maximum Gasteiger partial charge on any atom is 0.410 e. The van der Waals surface area contributed by atoms with Crippen LogP contribution in [0.1, 0.15) is 66.4 Å². The van der Waals surface area contributed by atoms with E-state index < -0.39 is 29.1 Å². The number of ether oxygens (including phenoxy) is 2. The van der Waals surface area contributed by atoms with Crippen molar-refractivity contribution in [2.24, 2.45) is 5.41 Å². The number of nitrogens with zero attached hydrogens (tertiary/aromatic N) is 2. The average Bonchev–Trinajstić information content (AvgIpc) is 2.73. The van der Waals surface area contributed by atoms with E-state index in [1.54, 1.807) is 11.8 Å². The van der Waals surface area contributed by atoms with E-state index in [1.807, 2.05) is 65.0 Å². The standard InChI is InChI=1S/C25H38N2O6/c1-7-32-21(28)15-25(24(4,5)6)14-13-20(16-26(25)22(29)30)27(18(2)3)23(31)33-17-19-11-9-8-10-12-19/h8-12,18,20H,7,13-17H2,1-6H3,(H,29,30)/t20-,25-/m1/s1. The molecular weight excluding hydrogens is 424 g/mol. The molecule has 0 aliphatic carbocycles. The van der Waals surface area contributed by atoms with E-state index in [0.717, 1.165) is 5.56 Å². The number of piperidine rings is 1. The summed E-state index contributed by atoms with van der Waals surface area (Å²) in [4.78, 5) is 40.9. The number of amides is 2. The van der Waals surface area contributed by atoms with Crippen LogP contribution in [0.2, 0.25) is 0 Å². The van der Waals surface area contributed by atoms with Crippen molar-refractivity contribution in [3.8, 4) is 0 Å². The van der Waals surface area contributed by atoms with Crippen molar-refractivity contribution in [1.82, 2.24) is 9.80 Å². The zero-order chi connectivity index (χ0) is 24.8. The molecule has 1 aliphatic heterocycles. The average molecular weight is 463 g/mol. The van der Waals surface area contributed by atoms with Gasteiger partial charge in [0, 0.05) is 12.6 Å². The van der Waals surface area contributed by atoms with Gasteiger partial charge in [-0.15, -0.1) is 0 Å². The number of hydrogen-bond donors (Lipinski definition) is 1. The molecule has 184 valence electrons. The first-order chi connectivity index (χ1) is 15.4. The summed E-state index contributed by atoms with van der Waals surface area (Å²) < 4.78 is 10.7. The lowest BCUT2D eigenvalue weighted by molar-refractivity contribution is -0.151. The van der Waals surface area contributed by atoms with Gasteiger partial charge in [-0.25, -0.2) is 9.59 Å². The second-order valence-corrected chi connectivity index (χ2v) is 9.89. The third kappa shape index (κ3) is 6.18. The number of rotatable bonds is 7. The predicted octanol–water partition coefficient (Wildman–Crippen LogP) is 4.91. The van der Waals surface area contributed by atoms with Gasteiger partial charge >= 0.3 is 18.2 Å². The number of hydrogen-bond acceptors (Lipinski definition) is 5. The first kappa shape index (κ1) is 26.5. The van der Waals surface area contributed by atoms with E-state index in [2.05, 4.69) is 0 Å². The first-order valence-electron chi connectivity index (χ1n) is 11.6. The lowest BCUT2D eigenvalue weighted by Gasteiger charge is -2.56. The van der Waals surface area contributed by atoms with Gasteiger partial charge < -0.3 is 19.5 Å². The zero-order valence-corrected chi connectivity index (χ0v) is 20.7. The van der Waals surface area contributed by atoms with E-state index in [4.69, 9.17) is 9.47 Å². The molecule has 1 aromatic rings. The van der Waals surface area contributed by atoms with Crippen LogP contribution < -0.4 is 0 Å². The zero-order valence-electron chi connectivity index (χ0n) is 20.7. The summed E-state index contributed by atoms with van der Waals surface area (Å²) in [5.74, 6) is -0.417. The monoisotopic (exact) mass is 462 g/mol. The molecule has 0 aromatic heterocycles. The third-order valence-corrected chi connectivity index (χ3v) is 6.54. The Hall–Kier alpha value is -2.77. The highest BCUT2D eigenvalue weighted by atomic mass is 16.6. The largest absolute Gasteiger partial charge is 0.466 e. The summed E-state index contributed by atoms with van der Waals surface area (Å²) in [7, 11) is 0. The molecule has 33 heavy (non-hydrogen) atoms. The number of carbonyl (C=O) groups excluding carboxylic acids is 2. The van der Waals surface area contributed by atoms with Crippen LogP contribution in [-0.4, -0.2) is 63.8 Å². The maximum absolute atomic E-state index is 13.0. The van der Waals surface area contributed by atoms with Gasteiger partial charge in [0.15, 0.2) is 0 Å². The summed E-state index contributed by atoms with van der Waals surface area (Å²) in [5, 5.41) is 10.1. The molecule has 8 nitrogen and oxygen atoms in total. The lowest BCUT2D eigenvalue weighted by atomic mass is 9.65. The minimum Gasteiger partial charge on any atom is -0.466 e. The van der Waals surface area contributed by atoms with Crippen LogP contribution >= 0.6 is 0 Å². The number of likely N-dealkylation sites (tertiary alicyclic amines) is 1. The molecule has 0 bridgehead atoms. The molecule has 0 unspecified atom stereocenters. The molecule has 2 rings (SSSR count). The minimum atomic E-state index is -1.11. The quantitative estimate of drug-likeness (QED) is 0.578. The Morgan fingerprint density at radius 3 is 2.33 bits per heavy atom.